The Hall–Kier alpha value is -5.66. The lowest BCUT2D eigenvalue weighted by atomic mass is 9.11. The van der Waals surface area contributed by atoms with Crippen LogP contribution in [0.2, 0.25) is 0 Å². The van der Waals surface area contributed by atoms with E-state index >= 15 is 0 Å². The molecule has 4 fully saturated rings. The highest BCUT2D eigenvalue weighted by molar-refractivity contribution is 5.92. The monoisotopic (exact) mass is 705 g/mol. The zero-order valence-electron chi connectivity index (χ0n) is 31.5. The fraction of sp³-hybridized carbons (Fsp3) is 0.222. The Balaban J connectivity index is 1.02. The van der Waals surface area contributed by atoms with Crippen LogP contribution in [0.15, 0.2) is 164 Å². The fourth-order valence-corrected chi connectivity index (χ4v) is 13.7. The highest BCUT2D eigenvalue weighted by atomic mass is 15.1. The maximum atomic E-state index is 2.57. The van der Waals surface area contributed by atoms with E-state index < -0.39 is 0 Å². The minimum Gasteiger partial charge on any atom is -0.310 e. The molecular formula is C54H43N. The van der Waals surface area contributed by atoms with Crippen LogP contribution in [0.1, 0.15) is 55.4 Å². The molecular weight excluding hydrogens is 663 g/mol. The Labute approximate surface area is 324 Å². The van der Waals surface area contributed by atoms with Crippen molar-refractivity contribution in [2.75, 3.05) is 4.90 Å². The second-order valence-electron chi connectivity index (χ2n) is 18.1. The fourth-order valence-electron chi connectivity index (χ4n) is 13.7. The molecule has 4 saturated carbocycles. The molecule has 7 aromatic carbocycles. The summed E-state index contributed by atoms with van der Waals surface area (Å²) in [6.45, 7) is 4.78. The van der Waals surface area contributed by atoms with Crippen LogP contribution < -0.4 is 4.90 Å². The highest BCUT2D eigenvalue weighted by Gasteiger charge is 2.90. The number of anilines is 3. The zero-order valence-corrected chi connectivity index (χ0v) is 31.5. The third-order valence-corrected chi connectivity index (χ3v) is 15.9. The Bertz CT molecular complexity index is 2730. The lowest BCUT2D eigenvalue weighted by molar-refractivity contribution is -0.412. The maximum Gasteiger partial charge on any atom is 0.0468 e. The second kappa shape index (κ2) is 10.3. The molecule has 1 heteroatoms. The van der Waals surface area contributed by atoms with Crippen molar-refractivity contribution in [2.24, 2.45) is 29.1 Å². The average Bonchev–Trinajstić information content (AvgIpc) is 3.62. The molecule has 7 aromatic rings. The third-order valence-electron chi connectivity index (χ3n) is 15.9. The first-order chi connectivity index (χ1) is 27.0. The van der Waals surface area contributed by atoms with E-state index in [4.69, 9.17) is 0 Å². The number of hydrogen-bond acceptors (Lipinski definition) is 1. The van der Waals surface area contributed by atoms with Gasteiger partial charge >= 0.3 is 0 Å². The predicted octanol–water partition coefficient (Wildman–Crippen LogP) is 13.7. The van der Waals surface area contributed by atoms with E-state index in [1.165, 1.54) is 92.0 Å². The van der Waals surface area contributed by atoms with Crippen molar-refractivity contribution < 1.29 is 0 Å². The summed E-state index contributed by atoms with van der Waals surface area (Å²) in [6.07, 6.45) is 4.33. The minimum absolute atomic E-state index is 0.0838. The van der Waals surface area contributed by atoms with E-state index in [1.807, 2.05) is 0 Å². The van der Waals surface area contributed by atoms with E-state index in [0.717, 1.165) is 23.7 Å². The van der Waals surface area contributed by atoms with E-state index in [1.54, 1.807) is 11.1 Å². The molecule has 0 heterocycles. The van der Waals surface area contributed by atoms with Gasteiger partial charge in [-0.05, 0) is 158 Å². The summed E-state index contributed by atoms with van der Waals surface area (Å²) < 4.78 is 0. The van der Waals surface area contributed by atoms with Crippen LogP contribution in [-0.4, -0.2) is 0 Å². The molecule has 0 amide bonds. The standard InChI is InChI=1S/C54H43N/c1-52(2)46-19-10-9-18-42(46)43-23-21-41(32-49(43)52)55(39-17-11-16-35(26-39)33-12-5-3-6-13-33)40-22-25-48-45(31-40)44-27-36(34-14-7-4-8-15-34)20-24-47(44)54(48)50-29-37-28-38-30-51(54)53(37,38)50/h3-27,31-32,37-38,50-51H,28-30H2,1-2H3. The third kappa shape index (κ3) is 3.58. The summed E-state index contributed by atoms with van der Waals surface area (Å²) >= 11 is 0. The molecule has 0 radical (unpaired) electrons. The minimum atomic E-state index is -0.0838. The van der Waals surface area contributed by atoms with Crippen molar-refractivity contribution in [2.45, 2.75) is 43.9 Å². The molecule has 6 aliphatic rings. The van der Waals surface area contributed by atoms with E-state index in [2.05, 4.69) is 183 Å². The molecule has 6 aliphatic carbocycles. The van der Waals surface area contributed by atoms with Crippen molar-refractivity contribution in [3.8, 4) is 44.5 Å². The lowest BCUT2D eigenvalue weighted by Gasteiger charge is -2.92. The summed E-state index contributed by atoms with van der Waals surface area (Å²) in [7, 11) is 0. The molecule has 0 aliphatic heterocycles. The van der Waals surface area contributed by atoms with E-state index in [9.17, 15) is 0 Å². The molecule has 264 valence electrons. The van der Waals surface area contributed by atoms with Crippen molar-refractivity contribution in [3.05, 3.63) is 186 Å². The zero-order chi connectivity index (χ0) is 36.3. The quantitative estimate of drug-likeness (QED) is 0.172. The number of hydrogen-bond donors (Lipinski definition) is 0. The van der Waals surface area contributed by atoms with Crippen LogP contribution in [0, 0.1) is 29.1 Å². The van der Waals surface area contributed by atoms with Gasteiger partial charge in [-0.15, -0.1) is 0 Å². The SMILES string of the molecule is CC1(C)c2ccccc2-c2ccc(N(c3cccc(-c4ccccc4)c3)c3ccc4c(c3)-c3cc(-c5ccccc5)ccc3C43C4CC5CC6CC3C564)cc21. The van der Waals surface area contributed by atoms with Gasteiger partial charge in [-0.3, -0.25) is 0 Å². The summed E-state index contributed by atoms with van der Waals surface area (Å²) in [4.78, 5) is 2.53. The smallest absolute Gasteiger partial charge is 0.0468 e. The molecule has 0 aromatic heterocycles. The average molecular weight is 706 g/mol. The van der Waals surface area contributed by atoms with Gasteiger partial charge in [-0.2, -0.15) is 0 Å². The molecule has 0 bridgehead atoms. The Morgan fingerprint density at radius 2 is 0.964 bits per heavy atom. The van der Waals surface area contributed by atoms with Gasteiger partial charge in [0.1, 0.15) is 0 Å². The molecule has 1 nitrogen and oxygen atoms in total. The van der Waals surface area contributed by atoms with Crippen LogP contribution in [-0.2, 0) is 10.8 Å². The van der Waals surface area contributed by atoms with E-state index in [-0.39, 0.29) is 10.8 Å². The molecule has 13 rings (SSSR count). The Morgan fingerprint density at radius 3 is 1.69 bits per heavy atom. The Morgan fingerprint density at radius 1 is 0.400 bits per heavy atom. The summed E-state index contributed by atoms with van der Waals surface area (Å²) in [5.41, 5.74) is 21.1. The van der Waals surface area contributed by atoms with Crippen molar-refractivity contribution in [1.29, 1.82) is 0 Å². The molecule has 4 atom stereocenters. The van der Waals surface area contributed by atoms with Gasteiger partial charge in [-0.1, -0.05) is 135 Å². The number of nitrogens with zero attached hydrogens (tertiary/aromatic N) is 1. The molecule has 4 unspecified atom stereocenters. The van der Waals surface area contributed by atoms with Crippen LogP contribution in [0.25, 0.3) is 44.5 Å². The first kappa shape index (κ1) is 30.6. The first-order valence-corrected chi connectivity index (χ1v) is 20.5. The summed E-state index contributed by atoms with van der Waals surface area (Å²) in [5.74, 6) is 3.58. The summed E-state index contributed by atoms with van der Waals surface area (Å²) in [5, 5.41) is 0. The van der Waals surface area contributed by atoms with Crippen LogP contribution in [0.4, 0.5) is 17.1 Å². The molecule has 0 saturated heterocycles. The Kier molecular flexibility index (Phi) is 5.76. The highest BCUT2D eigenvalue weighted by Crippen LogP contribution is 2.94. The molecule has 55 heavy (non-hydrogen) atoms. The largest absolute Gasteiger partial charge is 0.310 e. The van der Waals surface area contributed by atoms with Crippen LogP contribution >= 0.6 is 0 Å². The van der Waals surface area contributed by atoms with Crippen LogP contribution in [0.5, 0.6) is 0 Å². The van der Waals surface area contributed by atoms with Gasteiger partial charge in [0.25, 0.3) is 0 Å². The van der Waals surface area contributed by atoms with E-state index in [0.29, 0.717) is 5.41 Å². The molecule has 0 N–H and O–H groups in total. The summed E-state index contributed by atoms with van der Waals surface area (Å²) in [6, 6.07) is 62.3. The maximum absolute atomic E-state index is 2.57. The topological polar surface area (TPSA) is 3.24 Å². The first-order valence-electron chi connectivity index (χ1n) is 20.5. The second-order valence-corrected chi connectivity index (χ2v) is 18.1. The van der Waals surface area contributed by atoms with Gasteiger partial charge < -0.3 is 4.90 Å². The van der Waals surface area contributed by atoms with Gasteiger partial charge in [0.15, 0.2) is 0 Å². The van der Waals surface area contributed by atoms with Crippen molar-refractivity contribution >= 4 is 17.1 Å². The van der Waals surface area contributed by atoms with Gasteiger partial charge in [0.2, 0.25) is 0 Å². The number of rotatable bonds is 5. The molecule has 2 spiro atoms. The van der Waals surface area contributed by atoms with Gasteiger partial charge in [-0.25, -0.2) is 0 Å². The number of benzene rings is 7. The van der Waals surface area contributed by atoms with Gasteiger partial charge in [0, 0.05) is 27.9 Å². The van der Waals surface area contributed by atoms with Crippen molar-refractivity contribution in [1.82, 2.24) is 0 Å². The van der Waals surface area contributed by atoms with Crippen molar-refractivity contribution in [3.63, 3.8) is 0 Å². The van der Waals surface area contributed by atoms with Gasteiger partial charge in [0.05, 0.1) is 0 Å². The van der Waals surface area contributed by atoms with Crippen LogP contribution in [0.3, 0.4) is 0 Å². The number of fused-ring (bicyclic) bond motifs is 10. The lowest BCUT2D eigenvalue weighted by Crippen LogP contribution is -2.88. The normalized spacial score (nSPS) is 27.2. The predicted molar refractivity (Wildman–Crippen MR) is 226 cm³/mol.